The lowest BCUT2D eigenvalue weighted by atomic mass is 9.99. The summed E-state index contributed by atoms with van der Waals surface area (Å²) >= 11 is 0. The Morgan fingerprint density at radius 3 is 2.38 bits per heavy atom. The van der Waals surface area contributed by atoms with Gasteiger partial charge in [-0.25, -0.2) is 0 Å². The molecule has 0 bridgehead atoms. The van der Waals surface area contributed by atoms with E-state index in [2.05, 4.69) is 0 Å². The second-order valence-electron chi connectivity index (χ2n) is 3.97. The first-order valence-electron chi connectivity index (χ1n) is 5.53. The van der Waals surface area contributed by atoms with Crippen molar-refractivity contribution in [1.82, 2.24) is 0 Å². The molecule has 0 saturated carbocycles. The maximum Gasteiger partial charge on any atom is 0.184 e. The Bertz CT molecular complexity index is 200. The molecule has 0 aromatic heterocycles. The Kier molecular flexibility index (Phi) is 5.60. The molecule has 0 amide bonds. The molecule has 0 aliphatic carbocycles. The number of rotatable bonds is 5. The summed E-state index contributed by atoms with van der Waals surface area (Å²) in [6.45, 7) is 2.65. The minimum atomic E-state index is -1.49. The summed E-state index contributed by atoms with van der Waals surface area (Å²) in [7, 11) is 0. The van der Waals surface area contributed by atoms with E-state index in [-0.39, 0.29) is 6.61 Å². The zero-order valence-electron chi connectivity index (χ0n) is 9.32. The molecule has 0 spiro atoms. The van der Waals surface area contributed by atoms with Crippen molar-refractivity contribution < 1.29 is 29.9 Å². The van der Waals surface area contributed by atoms with Gasteiger partial charge in [-0.1, -0.05) is 13.3 Å². The summed E-state index contributed by atoms with van der Waals surface area (Å²) in [6.07, 6.45) is -4.55. The molecule has 96 valence electrons. The van der Waals surface area contributed by atoms with E-state index in [0.29, 0.717) is 6.61 Å². The average Bonchev–Trinajstić information content (AvgIpc) is 2.28. The maximum atomic E-state index is 9.56. The van der Waals surface area contributed by atoms with Gasteiger partial charge in [-0.05, 0) is 6.42 Å². The van der Waals surface area contributed by atoms with Crippen LogP contribution >= 0.6 is 0 Å². The minimum Gasteiger partial charge on any atom is -0.387 e. The second-order valence-corrected chi connectivity index (χ2v) is 3.97. The zero-order valence-corrected chi connectivity index (χ0v) is 9.32. The number of aliphatic hydroxyl groups is 4. The van der Waals surface area contributed by atoms with Crippen molar-refractivity contribution in [3.8, 4) is 0 Å². The highest BCUT2D eigenvalue weighted by atomic mass is 16.6. The number of hydrogen-bond donors (Lipinski definition) is 4. The summed E-state index contributed by atoms with van der Waals surface area (Å²) in [6, 6.07) is 0. The van der Waals surface area contributed by atoms with E-state index >= 15 is 0 Å². The van der Waals surface area contributed by atoms with E-state index in [4.69, 9.17) is 9.47 Å². The summed E-state index contributed by atoms with van der Waals surface area (Å²) < 4.78 is 10.2. The molecule has 1 fully saturated rings. The summed E-state index contributed by atoms with van der Waals surface area (Å²) in [5.74, 6) is 0. The van der Waals surface area contributed by atoms with E-state index in [1.165, 1.54) is 0 Å². The average molecular weight is 236 g/mol. The molecule has 1 aliphatic heterocycles. The lowest BCUT2D eigenvalue weighted by molar-refractivity contribution is -0.288. The Morgan fingerprint density at radius 1 is 1.06 bits per heavy atom. The lowest BCUT2D eigenvalue weighted by Gasteiger charge is -2.38. The summed E-state index contributed by atoms with van der Waals surface area (Å²) in [4.78, 5) is 0. The smallest absolute Gasteiger partial charge is 0.184 e. The van der Waals surface area contributed by atoms with Gasteiger partial charge < -0.3 is 29.9 Å². The largest absolute Gasteiger partial charge is 0.387 e. The third kappa shape index (κ3) is 3.38. The van der Waals surface area contributed by atoms with E-state index < -0.39 is 30.7 Å². The Morgan fingerprint density at radius 2 is 1.75 bits per heavy atom. The van der Waals surface area contributed by atoms with Crippen LogP contribution in [-0.4, -0.2) is 64.3 Å². The molecule has 0 aromatic rings. The first-order valence-corrected chi connectivity index (χ1v) is 5.53. The molecule has 1 saturated heterocycles. The van der Waals surface area contributed by atoms with Crippen LogP contribution in [0.4, 0.5) is 0 Å². The van der Waals surface area contributed by atoms with Crippen molar-refractivity contribution in [2.24, 2.45) is 0 Å². The van der Waals surface area contributed by atoms with E-state index in [1.807, 2.05) is 6.92 Å². The van der Waals surface area contributed by atoms with Gasteiger partial charge in [0, 0.05) is 6.61 Å². The van der Waals surface area contributed by atoms with Crippen molar-refractivity contribution in [3.63, 3.8) is 0 Å². The van der Waals surface area contributed by atoms with Crippen LogP contribution in [0.25, 0.3) is 0 Å². The van der Waals surface area contributed by atoms with Gasteiger partial charge in [-0.15, -0.1) is 0 Å². The molecule has 1 heterocycles. The van der Waals surface area contributed by atoms with Crippen molar-refractivity contribution in [1.29, 1.82) is 0 Å². The highest BCUT2D eigenvalue weighted by Gasteiger charge is 2.42. The molecule has 0 unspecified atom stereocenters. The van der Waals surface area contributed by atoms with Gasteiger partial charge in [-0.2, -0.15) is 0 Å². The Balaban J connectivity index is 2.35. The van der Waals surface area contributed by atoms with E-state index in [1.54, 1.807) is 0 Å². The number of ether oxygens (including phenoxy) is 2. The lowest BCUT2D eigenvalue weighted by Crippen LogP contribution is -2.58. The van der Waals surface area contributed by atoms with Crippen LogP contribution in [0.1, 0.15) is 19.8 Å². The number of hydrogen-bond acceptors (Lipinski definition) is 6. The zero-order chi connectivity index (χ0) is 12.1. The molecular weight excluding hydrogens is 216 g/mol. The van der Waals surface area contributed by atoms with Gasteiger partial charge in [0.2, 0.25) is 0 Å². The minimum absolute atomic E-state index is 0.0853. The molecule has 5 atom stereocenters. The van der Waals surface area contributed by atoms with Crippen molar-refractivity contribution in [2.75, 3.05) is 13.2 Å². The molecule has 1 aliphatic rings. The van der Waals surface area contributed by atoms with Crippen LogP contribution in [0.3, 0.4) is 0 Å². The SMILES string of the molecule is CCCCOC[C@H]1O[C@H](O)[C@@H](O)[C@@H](O)[C@@H]1O. The van der Waals surface area contributed by atoms with Crippen molar-refractivity contribution >= 4 is 0 Å². The van der Waals surface area contributed by atoms with Crippen molar-refractivity contribution in [2.45, 2.75) is 50.5 Å². The molecule has 4 N–H and O–H groups in total. The van der Waals surface area contributed by atoms with Crippen LogP contribution in [0.5, 0.6) is 0 Å². The number of aliphatic hydroxyl groups excluding tert-OH is 4. The van der Waals surface area contributed by atoms with Gasteiger partial charge >= 0.3 is 0 Å². The summed E-state index contributed by atoms with van der Waals surface area (Å²) in [5.41, 5.74) is 0. The van der Waals surface area contributed by atoms with Crippen LogP contribution in [-0.2, 0) is 9.47 Å². The van der Waals surface area contributed by atoms with Gasteiger partial charge in [0.1, 0.15) is 24.4 Å². The second kappa shape index (κ2) is 6.48. The van der Waals surface area contributed by atoms with Crippen LogP contribution in [0, 0.1) is 0 Å². The fraction of sp³-hybridized carbons (Fsp3) is 1.00. The predicted octanol–water partition coefficient (Wildman–Crippen LogP) is -1.40. The predicted molar refractivity (Wildman–Crippen MR) is 54.6 cm³/mol. The topological polar surface area (TPSA) is 99.4 Å². The molecular formula is C10H20O6. The standard InChI is InChI=1S/C10H20O6/c1-2-3-4-15-5-6-7(11)8(12)9(13)10(14)16-6/h6-14H,2-5H2,1H3/t6-,7-,8+,9+,10+/m1/s1. The fourth-order valence-corrected chi connectivity index (χ4v) is 1.51. The van der Waals surface area contributed by atoms with Gasteiger partial charge in [0.05, 0.1) is 6.61 Å². The number of unbranched alkanes of at least 4 members (excludes halogenated alkanes) is 1. The molecule has 6 nitrogen and oxygen atoms in total. The monoisotopic (exact) mass is 236 g/mol. The quantitative estimate of drug-likeness (QED) is 0.438. The van der Waals surface area contributed by atoms with Gasteiger partial charge in [-0.3, -0.25) is 0 Å². The molecule has 1 rings (SSSR count). The first-order chi connectivity index (χ1) is 7.57. The van der Waals surface area contributed by atoms with Crippen LogP contribution < -0.4 is 0 Å². The normalized spacial score (nSPS) is 39.9. The van der Waals surface area contributed by atoms with Crippen LogP contribution in [0.2, 0.25) is 0 Å². The van der Waals surface area contributed by atoms with Crippen molar-refractivity contribution in [3.05, 3.63) is 0 Å². The molecule has 16 heavy (non-hydrogen) atoms. The third-order valence-corrected chi connectivity index (χ3v) is 2.61. The fourth-order valence-electron chi connectivity index (χ4n) is 1.51. The highest BCUT2D eigenvalue weighted by Crippen LogP contribution is 2.19. The Labute approximate surface area is 94.4 Å². The Hall–Kier alpha value is -0.240. The molecule has 0 radical (unpaired) electrons. The molecule has 6 heteroatoms. The highest BCUT2D eigenvalue weighted by molar-refractivity contribution is 4.88. The van der Waals surface area contributed by atoms with Crippen LogP contribution in [0.15, 0.2) is 0 Å². The van der Waals surface area contributed by atoms with Gasteiger partial charge in [0.15, 0.2) is 6.29 Å². The molecule has 0 aromatic carbocycles. The van der Waals surface area contributed by atoms with E-state index in [0.717, 1.165) is 12.8 Å². The summed E-state index contributed by atoms with van der Waals surface area (Å²) in [5, 5.41) is 37.4. The van der Waals surface area contributed by atoms with E-state index in [9.17, 15) is 20.4 Å². The third-order valence-electron chi connectivity index (χ3n) is 2.61. The first kappa shape index (κ1) is 13.8. The van der Waals surface area contributed by atoms with Gasteiger partial charge in [0.25, 0.3) is 0 Å². The maximum absolute atomic E-state index is 9.56.